The number of hydrogen-bond donors (Lipinski definition) is 0. The second kappa shape index (κ2) is 10.6. The van der Waals surface area contributed by atoms with E-state index in [1.54, 1.807) is 28.6 Å². The molecule has 8 nitrogen and oxygen atoms in total. The molecule has 0 radical (unpaired) electrons. The average molecular weight is 493 g/mol. The quantitative estimate of drug-likeness (QED) is 0.535. The van der Waals surface area contributed by atoms with E-state index in [0.29, 0.717) is 29.9 Å². The van der Waals surface area contributed by atoms with Gasteiger partial charge in [-0.25, -0.2) is 8.42 Å². The van der Waals surface area contributed by atoms with Gasteiger partial charge in [0.2, 0.25) is 21.8 Å². The van der Waals surface area contributed by atoms with Crippen LogP contribution in [-0.2, 0) is 14.8 Å². The van der Waals surface area contributed by atoms with Crippen LogP contribution in [0.3, 0.4) is 0 Å². The summed E-state index contributed by atoms with van der Waals surface area (Å²) in [6.07, 6.45) is 8.53. The van der Waals surface area contributed by atoms with E-state index in [0.717, 1.165) is 32.1 Å². The summed E-state index contributed by atoms with van der Waals surface area (Å²) in [5, 5.41) is 8.13. The number of benzene rings is 1. The summed E-state index contributed by atoms with van der Waals surface area (Å²) in [6, 6.07) is 6.92. The minimum atomic E-state index is -3.55. The van der Waals surface area contributed by atoms with Gasteiger partial charge in [0.25, 0.3) is 5.22 Å². The third-order valence-corrected chi connectivity index (χ3v) is 9.35. The summed E-state index contributed by atoms with van der Waals surface area (Å²) in [4.78, 5) is 15.0. The van der Waals surface area contributed by atoms with E-state index in [1.807, 2.05) is 18.9 Å². The molecule has 0 bridgehead atoms. The third-order valence-electron chi connectivity index (χ3n) is 6.54. The fraction of sp³-hybridized carbons (Fsp3) is 0.609. The van der Waals surface area contributed by atoms with Crippen LogP contribution in [0.1, 0.15) is 58.3 Å². The zero-order valence-corrected chi connectivity index (χ0v) is 20.9. The van der Waals surface area contributed by atoms with E-state index < -0.39 is 10.0 Å². The van der Waals surface area contributed by atoms with Crippen LogP contribution in [0.2, 0.25) is 0 Å². The number of sulfonamides is 1. The molecule has 1 aliphatic carbocycles. The van der Waals surface area contributed by atoms with E-state index in [1.165, 1.54) is 31.0 Å². The fourth-order valence-electron chi connectivity index (χ4n) is 4.55. The van der Waals surface area contributed by atoms with Crippen molar-refractivity contribution in [3.8, 4) is 11.5 Å². The Hall–Kier alpha value is -1.91. The van der Waals surface area contributed by atoms with Gasteiger partial charge in [-0.1, -0.05) is 43.5 Å². The summed E-state index contributed by atoms with van der Waals surface area (Å²) < 4.78 is 33.3. The maximum absolute atomic E-state index is 13.0. The predicted octanol–water partition coefficient (Wildman–Crippen LogP) is 4.18. The lowest BCUT2D eigenvalue weighted by molar-refractivity contribution is -0.131. The molecule has 0 spiro atoms. The molecular formula is C23H32N4O4S2. The minimum Gasteiger partial charge on any atom is -0.411 e. The van der Waals surface area contributed by atoms with Crippen molar-refractivity contribution >= 4 is 27.7 Å². The Labute approximate surface area is 200 Å². The molecule has 2 heterocycles. The number of carbonyl (C=O) groups excluding carboxylic acids is 1. The molecule has 1 atom stereocenters. The summed E-state index contributed by atoms with van der Waals surface area (Å²) in [7, 11) is -1.67. The summed E-state index contributed by atoms with van der Waals surface area (Å²) in [6.45, 7) is 2.95. The lowest BCUT2D eigenvalue weighted by Gasteiger charge is -2.32. The molecule has 1 unspecified atom stereocenters. The van der Waals surface area contributed by atoms with Crippen molar-refractivity contribution in [3.05, 3.63) is 24.3 Å². The van der Waals surface area contributed by atoms with Crippen molar-refractivity contribution in [3.63, 3.8) is 0 Å². The summed E-state index contributed by atoms with van der Waals surface area (Å²) >= 11 is 1.23. The van der Waals surface area contributed by atoms with Gasteiger partial charge < -0.3 is 9.32 Å². The molecule has 1 aromatic carbocycles. The van der Waals surface area contributed by atoms with Crippen molar-refractivity contribution < 1.29 is 17.6 Å². The highest BCUT2D eigenvalue weighted by atomic mass is 32.2. The molecule has 2 fully saturated rings. The van der Waals surface area contributed by atoms with Gasteiger partial charge >= 0.3 is 0 Å². The molecule has 10 heteroatoms. The first-order chi connectivity index (χ1) is 15.9. The van der Waals surface area contributed by atoms with Gasteiger partial charge in [0.15, 0.2) is 0 Å². The molecule has 180 valence electrons. The van der Waals surface area contributed by atoms with Crippen LogP contribution >= 0.6 is 11.8 Å². The molecule has 1 aromatic heterocycles. The van der Waals surface area contributed by atoms with Gasteiger partial charge in [-0.15, -0.1) is 10.2 Å². The highest BCUT2D eigenvalue weighted by Crippen LogP contribution is 2.30. The van der Waals surface area contributed by atoms with Crippen molar-refractivity contribution in [2.24, 2.45) is 0 Å². The Morgan fingerprint density at radius 2 is 1.82 bits per heavy atom. The van der Waals surface area contributed by atoms with Gasteiger partial charge in [0, 0.05) is 31.7 Å². The van der Waals surface area contributed by atoms with E-state index in [-0.39, 0.29) is 21.9 Å². The SMILES string of the molecule is CC(Sc1nnc(-c2cccc(S(=O)(=O)N3CCCCC3)c2)o1)C(=O)N(C)C1CCCCC1. The molecule has 1 amide bonds. The summed E-state index contributed by atoms with van der Waals surface area (Å²) in [5.74, 6) is 0.301. The van der Waals surface area contributed by atoms with Gasteiger partial charge in [0.05, 0.1) is 10.1 Å². The van der Waals surface area contributed by atoms with Crippen molar-refractivity contribution in [2.75, 3.05) is 20.1 Å². The number of hydrogen-bond acceptors (Lipinski definition) is 7. The van der Waals surface area contributed by atoms with Crippen LogP contribution < -0.4 is 0 Å². The summed E-state index contributed by atoms with van der Waals surface area (Å²) in [5.41, 5.74) is 0.547. The first-order valence-corrected chi connectivity index (χ1v) is 14.1. The number of aromatic nitrogens is 2. The lowest BCUT2D eigenvalue weighted by Crippen LogP contribution is -2.42. The van der Waals surface area contributed by atoms with Gasteiger partial charge in [-0.3, -0.25) is 4.79 Å². The molecule has 0 N–H and O–H groups in total. The topological polar surface area (TPSA) is 96.6 Å². The van der Waals surface area contributed by atoms with Crippen LogP contribution in [0.4, 0.5) is 0 Å². The highest BCUT2D eigenvalue weighted by Gasteiger charge is 2.28. The second-order valence-corrected chi connectivity index (χ2v) is 12.1. The van der Waals surface area contributed by atoms with Crippen molar-refractivity contribution in [2.45, 2.75) is 79.7 Å². The third kappa shape index (κ3) is 5.60. The van der Waals surface area contributed by atoms with Crippen LogP contribution in [0.5, 0.6) is 0 Å². The molecule has 4 rings (SSSR count). The Morgan fingerprint density at radius 3 is 2.55 bits per heavy atom. The molecule has 1 saturated heterocycles. The molecule has 1 saturated carbocycles. The Bertz CT molecular complexity index is 1060. The Morgan fingerprint density at radius 1 is 1.12 bits per heavy atom. The zero-order chi connectivity index (χ0) is 23.4. The van der Waals surface area contributed by atoms with E-state index in [4.69, 9.17) is 4.42 Å². The predicted molar refractivity (Wildman–Crippen MR) is 127 cm³/mol. The first-order valence-electron chi connectivity index (χ1n) is 11.7. The van der Waals surface area contributed by atoms with Gasteiger partial charge in [0.1, 0.15) is 0 Å². The highest BCUT2D eigenvalue weighted by molar-refractivity contribution is 8.00. The number of amides is 1. The number of thioether (sulfide) groups is 1. The minimum absolute atomic E-state index is 0.0567. The van der Waals surface area contributed by atoms with Crippen molar-refractivity contribution in [1.29, 1.82) is 0 Å². The molecule has 1 aliphatic heterocycles. The average Bonchev–Trinajstić information content (AvgIpc) is 3.32. The van der Waals surface area contributed by atoms with Gasteiger partial charge in [-0.05, 0) is 50.8 Å². The fourth-order valence-corrected chi connectivity index (χ4v) is 6.90. The Balaban J connectivity index is 1.44. The maximum Gasteiger partial charge on any atom is 0.277 e. The molecular weight excluding hydrogens is 460 g/mol. The zero-order valence-electron chi connectivity index (χ0n) is 19.3. The van der Waals surface area contributed by atoms with Gasteiger partial charge in [-0.2, -0.15) is 4.31 Å². The molecule has 2 aromatic rings. The van der Waals surface area contributed by atoms with E-state index >= 15 is 0 Å². The molecule has 33 heavy (non-hydrogen) atoms. The van der Waals surface area contributed by atoms with Crippen molar-refractivity contribution in [1.82, 2.24) is 19.4 Å². The number of piperidine rings is 1. The van der Waals surface area contributed by atoms with E-state index in [9.17, 15) is 13.2 Å². The molecule has 2 aliphatic rings. The van der Waals surface area contributed by atoms with Crippen LogP contribution in [0.15, 0.2) is 38.8 Å². The number of carbonyl (C=O) groups is 1. The maximum atomic E-state index is 13.0. The van der Waals surface area contributed by atoms with Crippen LogP contribution in [0.25, 0.3) is 11.5 Å². The number of nitrogens with zero attached hydrogens (tertiary/aromatic N) is 4. The lowest BCUT2D eigenvalue weighted by atomic mass is 9.94. The van der Waals surface area contributed by atoms with Crippen LogP contribution in [0, 0.1) is 0 Å². The monoisotopic (exact) mass is 492 g/mol. The Kier molecular flexibility index (Phi) is 7.76. The van der Waals surface area contributed by atoms with Crippen LogP contribution in [-0.4, -0.2) is 65.2 Å². The standard InChI is InChI=1S/C23H32N4O4S2/c1-17(22(28)26(2)19-11-5-3-6-12-19)32-23-25-24-21(31-23)18-10-9-13-20(16-18)33(29,30)27-14-7-4-8-15-27/h9-10,13,16-17,19H,3-8,11-12,14-15H2,1-2H3. The normalized spacial score (nSPS) is 19.3. The van der Waals surface area contributed by atoms with E-state index in [2.05, 4.69) is 10.2 Å². The number of rotatable bonds is 7. The first kappa shape index (κ1) is 24.2. The second-order valence-electron chi connectivity index (χ2n) is 8.87. The largest absolute Gasteiger partial charge is 0.411 e. The smallest absolute Gasteiger partial charge is 0.277 e.